The van der Waals surface area contributed by atoms with Crippen LogP contribution in [0.4, 0.5) is 0 Å². The van der Waals surface area contributed by atoms with E-state index in [1.165, 1.54) is 35.7 Å². The third-order valence-corrected chi connectivity index (χ3v) is 13.2. The van der Waals surface area contributed by atoms with E-state index in [4.69, 9.17) is 25.9 Å². The molecule has 82 heavy (non-hydrogen) atoms. The molecule has 16 N–H and O–H groups in total. The van der Waals surface area contributed by atoms with Gasteiger partial charge in [0.15, 0.2) is 0 Å². The molecule has 0 fully saturated rings. The Kier molecular flexibility index (Phi) is 28.3. The van der Waals surface area contributed by atoms with Crippen LogP contribution in [0.3, 0.4) is 0 Å². The number of carboxylic acid groups (broad SMARTS) is 3. The minimum atomic E-state index is -4.87. The first-order chi connectivity index (χ1) is 38.7. The van der Waals surface area contributed by atoms with Gasteiger partial charge in [0, 0.05) is 43.3 Å². The van der Waals surface area contributed by atoms with Crippen LogP contribution in [0.5, 0.6) is 5.75 Å². The van der Waals surface area contributed by atoms with Crippen LogP contribution >= 0.6 is 23.5 Å². The highest BCUT2D eigenvalue weighted by atomic mass is 32.3. The Labute approximate surface area is 479 Å². The molecule has 0 aliphatic rings. The number of hydrogen-bond donors (Lipinski definition) is 14. The molecule has 0 aliphatic carbocycles. The number of para-hydroxylation sites is 1. The number of fused-ring (bicyclic) bond motifs is 1. The Balaban J connectivity index is 0.00000426. The van der Waals surface area contributed by atoms with Gasteiger partial charge in [-0.1, -0.05) is 60.7 Å². The van der Waals surface area contributed by atoms with Gasteiger partial charge in [-0.25, -0.2) is 0 Å². The van der Waals surface area contributed by atoms with Gasteiger partial charge in [0.25, 0.3) is 5.97 Å². The molecule has 4 rings (SSSR count). The molecule has 7 atom stereocenters. The zero-order valence-electron chi connectivity index (χ0n) is 44.6. The summed E-state index contributed by atoms with van der Waals surface area (Å²) in [5.74, 6) is -11.0. The zero-order chi connectivity index (χ0) is 61.1. The van der Waals surface area contributed by atoms with E-state index in [9.17, 15) is 66.6 Å². The SMILES string of the molecule is CC(=O)O.CSCC[C@H](NC(=O)[C@H](Cc1ccc(OS(=O)(=O)O)cc1)NC(=O)[C@@H](N)CC(=O)O)C(=O)NCC(=O)N[C@@H](Cc1c[nH]c2ccccc12)C(=O)N[C@@H](CCSC)C(=O)N[C@@H](CC(=O)O)C(=O)N[C@@H](Cc1ccccc1)C(N)=O. The summed E-state index contributed by atoms with van der Waals surface area (Å²) in [5, 5.41) is 44.4. The van der Waals surface area contributed by atoms with Crippen molar-refractivity contribution in [2.24, 2.45) is 11.5 Å². The summed E-state index contributed by atoms with van der Waals surface area (Å²) in [7, 11) is -4.87. The van der Waals surface area contributed by atoms with E-state index in [2.05, 4.69) is 46.4 Å². The topological polar surface area (TPSA) is 464 Å². The molecule has 8 amide bonds. The number of H-pyrrole nitrogens is 1. The van der Waals surface area contributed by atoms with Gasteiger partial charge in [-0.15, -0.1) is 0 Å². The van der Waals surface area contributed by atoms with Gasteiger partial charge in [0.1, 0.15) is 42.0 Å². The van der Waals surface area contributed by atoms with Crippen molar-refractivity contribution in [1.82, 2.24) is 42.2 Å². The van der Waals surface area contributed by atoms with Gasteiger partial charge >= 0.3 is 22.3 Å². The van der Waals surface area contributed by atoms with Crippen molar-refractivity contribution in [3.8, 4) is 5.75 Å². The molecular weight excluding hydrogens is 1140 g/mol. The number of aromatic amines is 1. The number of amides is 8. The number of thioether (sulfide) groups is 2. The van der Waals surface area contributed by atoms with Gasteiger partial charge in [0.2, 0.25) is 47.3 Å². The number of nitrogens with one attached hydrogen (secondary N) is 8. The van der Waals surface area contributed by atoms with Crippen molar-refractivity contribution >= 4 is 110 Å². The maximum Gasteiger partial charge on any atom is 0.446 e. The highest BCUT2D eigenvalue weighted by Crippen LogP contribution is 2.20. The van der Waals surface area contributed by atoms with Crippen LogP contribution < -0.4 is 52.9 Å². The van der Waals surface area contributed by atoms with Gasteiger partial charge in [-0.05, 0) is 71.7 Å². The summed E-state index contributed by atoms with van der Waals surface area (Å²) in [6, 6.07) is 10.2. The second-order valence-corrected chi connectivity index (χ2v) is 21.0. The lowest BCUT2D eigenvalue weighted by Gasteiger charge is -2.26. The number of rotatable bonds is 33. The fourth-order valence-corrected chi connectivity index (χ4v) is 8.92. The van der Waals surface area contributed by atoms with E-state index in [0.29, 0.717) is 33.3 Å². The van der Waals surface area contributed by atoms with Crippen LogP contribution in [0.2, 0.25) is 0 Å². The highest BCUT2D eigenvalue weighted by Gasteiger charge is 2.34. The second-order valence-electron chi connectivity index (χ2n) is 18.0. The Bertz CT molecular complexity index is 2980. The first-order valence-corrected chi connectivity index (χ1v) is 28.9. The maximum atomic E-state index is 14.3. The molecule has 3 aromatic carbocycles. The third-order valence-electron chi connectivity index (χ3n) is 11.5. The number of carbonyl (C=O) groups is 11. The highest BCUT2D eigenvalue weighted by molar-refractivity contribution is 7.98. The van der Waals surface area contributed by atoms with Crippen molar-refractivity contribution in [2.75, 3.05) is 30.6 Å². The fourth-order valence-electron chi connectivity index (χ4n) is 7.63. The van der Waals surface area contributed by atoms with Crippen molar-refractivity contribution in [1.29, 1.82) is 0 Å². The lowest BCUT2D eigenvalue weighted by molar-refractivity contribution is -0.141. The minimum absolute atomic E-state index is 0.0132. The van der Waals surface area contributed by atoms with Crippen LogP contribution in [0.25, 0.3) is 10.9 Å². The van der Waals surface area contributed by atoms with E-state index in [1.54, 1.807) is 73.3 Å². The van der Waals surface area contributed by atoms with Crippen molar-refractivity contribution in [3.63, 3.8) is 0 Å². The Hall–Kier alpha value is -8.26. The molecule has 28 nitrogen and oxygen atoms in total. The number of benzene rings is 3. The number of aromatic nitrogens is 1. The van der Waals surface area contributed by atoms with E-state index in [1.807, 2.05) is 0 Å². The van der Waals surface area contributed by atoms with Crippen LogP contribution in [0, 0.1) is 0 Å². The molecule has 0 spiro atoms. The van der Waals surface area contributed by atoms with Gasteiger partial charge in [-0.3, -0.25) is 57.3 Å². The van der Waals surface area contributed by atoms with Crippen LogP contribution in [0.1, 0.15) is 49.3 Å². The second kappa shape index (κ2) is 34.1. The maximum absolute atomic E-state index is 14.3. The normalized spacial score (nSPS) is 13.5. The first-order valence-electron chi connectivity index (χ1n) is 24.8. The molecule has 0 saturated carbocycles. The number of carboxylic acids is 3. The molecular formula is C51H66N10O18S3. The minimum Gasteiger partial charge on any atom is -0.481 e. The molecule has 1 aromatic heterocycles. The quantitative estimate of drug-likeness (QED) is 0.0248. The molecule has 0 saturated heterocycles. The first kappa shape index (κ1) is 68.0. The van der Waals surface area contributed by atoms with E-state index in [-0.39, 0.29) is 43.6 Å². The Morgan fingerprint density at radius 1 is 0.585 bits per heavy atom. The molecule has 0 bridgehead atoms. The van der Waals surface area contributed by atoms with Gasteiger partial charge in [0.05, 0.1) is 25.4 Å². The monoisotopic (exact) mass is 1200 g/mol. The molecule has 446 valence electrons. The summed E-state index contributed by atoms with van der Waals surface area (Å²) >= 11 is 2.61. The molecule has 0 aliphatic heterocycles. The fraction of sp³-hybridized carbons (Fsp3) is 0.392. The molecule has 0 radical (unpaired) electrons. The van der Waals surface area contributed by atoms with E-state index < -0.39 is 137 Å². The standard InChI is InChI=1S/C49H62N10O16S3.C2H4O2/c1-76-18-16-34(55-47(69)37(58-44(66)32(50)23-41(61)62)21-28-12-14-30(15-13-28)75-78(72,73)74)45(67)53-26-40(60)54-38(22-29-25-52-33-11-7-6-10-31(29)33)48(70)56-35(17-19-77-2)46(68)59-39(24-42(63)64)49(71)57-36(43(51)65)20-27-8-4-3-5-9-27;1-2(3)4/h3-15,25,32,34-39,52H,16-24,26,50H2,1-2H3,(H2,51,65)(H,53,67)(H,54,60)(H,55,69)(H,56,70)(H,57,71)(H,58,66)(H,59,68)(H,61,62)(H,63,64)(H,72,73,74);1H3,(H,3,4)/t32-,34-,35-,36-,37-,38-,39-;/m0./s1. The van der Waals surface area contributed by atoms with Crippen LogP contribution in [0.15, 0.2) is 85.1 Å². The molecule has 1 heterocycles. The van der Waals surface area contributed by atoms with Gasteiger partial charge < -0.3 is 73.2 Å². The third kappa shape index (κ3) is 25.0. The lowest BCUT2D eigenvalue weighted by Crippen LogP contribution is -2.59. The predicted octanol–water partition coefficient (Wildman–Crippen LogP) is -1.24. The number of carbonyl (C=O) groups excluding carboxylic acids is 8. The molecule has 4 aromatic rings. The summed E-state index contributed by atoms with van der Waals surface area (Å²) in [5.41, 5.74) is 13.5. The van der Waals surface area contributed by atoms with Crippen molar-refractivity contribution in [3.05, 3.63) is 102 Å². The summed E-state index contributed by atoms with van der Waals surface area (Å²) < 4.78 is 35.8. The Morgan fingerprint density at radius 2 is 1.05 bits per heavy atom. The van der Waals surface area contributed by atoms with Crippen molar-refractivity contribution in [2.45, 2.75) is 94.2 Å². The largest absolute Gasteiger partial charge is 0.481 e. The summed E-state index contributed by atoms with van der Waals surface area (Å²) in [4.78, 5) is 144. The summed E-state index contributed by atoms with van der Waals surface area (Å²) in [6.45, 7) is 0.323. The number of primary amides is 1. The van der Waals surface area contributed by atoms with Gasteiger partial charge in [-0.2, -0.15) is 31.9 Å². The molecule has 0 unspecified atom stereocenters. The smallest absolute Gasteiger partial charge is 0.446 e. The van der Waals surface area contributed by atoms with Crippen LogP contribution in [-0.4, -0.2) is 171 Å². The average Bonchev–Trinajstić information content (AvgIpc) is 3.94. The van der Waals surface area contributed by atoms with Crippen LogP contribution in [-0.2, 0) is 82.4 Å². The summed E-state index contributed by atoms with van der Waals surface area (Å²) in [6.07, 6.45) is 2.78. The van der Waals surface area contributed by atoms with E-state index in [0.717, 1.165) is 19.1 Å². The number of nitrogens with two attached hydrogens (primary N) is 2. The number of aliphatic carboxylic acids is 3. The predicted molar refractivity (Wildman–Crippen MR) is 300 cm³/mol. The average molecular weight is 1200 g/mol. The zero-order valence-corrected chi connectivity index (χ0v) is 47.0. The Morgan fingerprint density at radius 3 is 1.60 bits per heavy atom. The lowest BCUT2D eigenvalue weighted by atomic mass is 10.0. The number of hydrogen-bond acceptors (Lipinski definition) is 17. The van der Waals surface area contributed by atoms with Crippen molar-refractivity contribution < 1.29 is 85.2 Å². The van der Waals surface area contributed by atoms with E-state index >= 15 is 0 Å². The molecule has 31 heteroatoms.